The number of ketones is 1. The third-order valence-corrected chi connectivity index (χ3v) is 6.25. The lowest BCUT2D eigenvalue weighted by Crippen LogP contribution is -2.29. The SMILES string of the molecule is CCOc1ccc(C2C(=C(O)c3ccc(OC)cc3)C(=O)C(=O)N2c2nnc(C)s2)cc1OCC. The summed E-state index contributed by atoms with van der Waals surface area (Å²) in [6.07, 6.45) is 0. The molecule has 0 spiro atoms. The molecule has 0 bridgehead atoms. The number of aliphatic hydroxyl groups excluding tert-OH is 1. The summed E-state index contributed by atoms with van der Waals surface area (Å²) in [5, 5.41) is 20.2. The Kier molecular flexibility index (Phi) is 7.02. The molecule has 0 aliphatic carbocycles. The summed E-state index contributed by atoms with van der Waals surface area (Å²) in [5.74, 6) is -0.314. The molecule has 1 unspecified atom stereocenters. The normalized spacial score (nSPS) is 17.0. The Morgan fingerprint density at radius 3 is 2.31 bits per heavy atom. The van der Waals surface area contributed by atoms with E-state index in [4.69, 9.17) is 14.2 Å². The lowest BCUT2D eigenvalue weighted by molar-refractivity contribution is -0.132. The molecule has 1 aliphatic heterocycles. The van der Waals surface area contributed by atoms with E-state index < -0.39 is 17.7 Å². The van der Waals surface area contributed by atoms with Crippen molar-refractivity contribution in [1.82, 2.24) is 10.2 Å². The number of nitrogens with zero attached hydrogens (tertiary/aromatic N) is 3. The molecule has 1 amide bonds. The van der Waals surface area contributed by atoms with Crippen molar-refractivity contribution in [3.63, 3.8) is 0 Å². The molecule has 9 nitrogen and oxygen atoms in total. The number of hydrogen-bond acceptors (Lipinski definition) is 9. The maximum Gasteiger partial charge on any atom is 0.301 e. The van der Waals surface area contributed by atoms with Gasteiger partial charge in [0.15, 0.2) is 11.5 Å². The van der Waals surface area contributed by atoms with Gasteiger partial charge in [0.05, 0.1) is 31.9 Å². The van der Waals surface area contributed by atoms with Crippen LogP contribution in [0.15, 0.2) is 48.0 Å². The second-order valence-corrected chi connectivity index (χ2v) is 8.73. The van der Waals surface area contributed by atoms with Crippen LogP contribution in [0.5, 0.6) is 17.2 Å². The summed E-state index contributed by atoms with van der Waals surface area (Å²) in [6, 6.07) is 10.8. The second-order valence-electron chi connectivity index (χ2n) is 7.57. The molecule has 1 fully saturated rings. The first-order chi connectivity index (χ1) is 16.9. The molecule has 1 N–H and O–H groups in total. The van der Waals surface area contributed by atoms with Crippen molar-refractivity contribution in [3.8, 4) is 17.2 Å². The number of methoxy groups -OCH3 is 1. The van der Waals surface area contributed by atoms with E-state index in [-0.39, 0.29) is 16.5 Å². The summed E-state index contributed by atoms with van der Waals surface area (Å²) in [5.41, 5.74) is 0.872. The van der Waals surface area contributed by atoms with E-state index in [1.807, 2.05) is 13.8 Å². The number of hydrogen-bond donors (Lipinski definition) is 1. The first kappa shape index (κ1) is 24.2. The van der Waals surface area contributed by atoms with E-state index in [2.05, 4.69) is 10.2 Å². The first-order valence-corrected chi connectivity index (χ1v) is 11.9. The Labute approximate surface area is 206 Å². The molecule has 0 radical (unpaired) electrons. The summed E-state index contributed by atoms with van der Waals surface area (Å²) < 4.78 is 16.6. The van der Waals surface area contributed by atoms with Crippen molar-refractivity contribution >= 4 is 33.9 Å². The fourth-order valence-electron chi connectivity index (χ4n) is 3.87. The van der Waals surface area contributed by atoms with Gasteiger partial charge in [0.1, 0.15) is 16.5 Å². The van der Waals surface area contributed by atoms with E-state index in [1.54, 1.807) is 49.4 Å². The molecule has 1 aromatic heterocycles. The lowest BCUT2D eigenvalue weighted by atomic mass is 9.95. The van der Waals surface area contributed by atoms with Crippen LogP contribution in [0.1, 0.15) is 36.0 Å². The van der Waals surface area contributed by atoms with Gasteiger partial charge in [-0.2, -0.15) is 0 Å². The Balaban J connectivity index is 1.92. The second kappa shape index (κ2) is 10.1. The number of aromatic nitrogens is 2. The van der Waals surface area contributed by atoms with Gasteiger partial charge in [-0.3, -0.25) is 14.5 Å². The maximum atomic E-state index is 13.3. The minimum absolute atomic E-state index is 0.0559. The quantitative estimate of drug-likeness (QED) is 0.280. The highest BCUT2D eigenvalue weighted by molar-refractivity contribution is 7.15. The van der Waals surface area contributed by atoms with E-state index in [0.29, 0.717) is 46.6 Å². The number of rotatable bonds is 8. The van der Waals surface area contributed by atoms with Crippen LogP contribution in [-0.2, 0) is 9.59 Å². The molecule has 2 heterocycles. The van der Waals surface area contributed by atoms with Crippen molar-refractivity contribution in [2.24, 2.45) is 0 Å². The number of amides is 1. The van der Waals surface area contributed by atoms with Crippen LogP contribution in [0.25, 0.3) is 5.76 Å². The van der Waals surface area contributed by atoms with Gasteiger partial charge in [-0.25, -0.2) is 0 Å². The number of Topliss-reactive ketones (excluding diaryl/α,β-unsaturated/α-hetero) is 1. The van der Waals surface area contributed by atoms with E-state index >= 15 is 0 Å². The number of benzene rings is 2. The highest BCUT2D eigenvalue weighted by Gasteiger charge is 2.48. The number of ether oxygens (including phenoxy) is 3. The zero-order chi connectivity index (χ0) is 25.1. The fraction of sp³-hybridized carbons (Fsp3) is 0.280. The number of aliphatic hydroxyl groups is 1. The topological polar surface area (TPSA) is 111 Å². The highest BCUT2D eigenvalue weighted by atomic mass is 32.1. The van der Waals surface area contributed by atoms with Gasteiger partial charge >= 0.3 is 5.91 Å². The molecule has 2 aromatic carbocycles. The van der Waals surface area contributed by atoms with Crippen molar-refractivity contribution in [3.05, 3.63) is 64.2 Å². The van der Waals surface area contributed by atoms with Gasteiger partial charge < -0.3 is 19.3 Å². The zero-order valence-electron chi connectivity index (χ0n) is 19.8. The van der Waals surface area contributed by atoms with Gasteiger partial charge in [0, 0.05) is 5.56 Å². The van der Waals surface area contributed by atoms with Gasteiger partial charge in [-0.1, -0.05) is 17.4 Å². The molecule has 182 valence electrons. The standard InChI is InChI=1S/C25H25N3O6S/c1-5-33-18-12-9-16(13-19(18)34-6-2)21-20(22(29)15-7-10-17(32-4)11-8-15)23(30)24(31)28(21)25-27-26-14(3)35-25/h7-13,21,29H,5-6H2,1-4H3. The summed E-state index contributed by atoms with van der Waals surface area (Å²) in [6.45, 7) is 6.31. The largest absolute Gasteiger partial charge is 0.507 e. The smallest absolute Gasteiger partial charge is 0.301 e. The van der Waals surface area contributed by atoms with E-state index in [9.17, 15) is 14.7 Å². The van der Waals surface area contributed by atoms with Crippen molar-refractivity contribution < 1.29 is 28.9 Å². The molecule has 1 aliphatic rings. The molecule has 1 saturated heterocycles. The Morgan fingerprint density at radius 2 is 1.71 bits per heavy atom. The van der Waals surface area contributed by atoms with Crippen molar-refractivity contribution in [1.29, 1.82) is 0 Å². The molecular weight excluding hydrogens is 470 g/mol. The van der Waals surface area contributed by atoms with Crippen LogP contribution < -0.4 is 19.1 Å². The average Bonchev–Trinajstić information content (AvgIpc) is 3.40. The number of aryl methyl sites for hydroxylation is 1. The third-order valence-electron chi connectivity index (χ3n) is 5.41. The van der Waals surface area contributed by atoms with Gasteiger partial charge in [-0.05, 0) is 62.7 Å². The molecule has 0 saturated carbocycles. The first-order valence-electron chi connectivity index (χ1n) is 11.0. The summed E-state index contributed by atoms with van der Waals surface area (Å²) in [4.78, 5) is 27.8. The monoisotopic (exact) mass is 495 g/mol. The fourth-order valence-corrected chi connectivity index (χ4v) is 4.59. The summed E-state index contributed by atoms with van der Waals surface area (Å²) in [7, 11) is 1.53. The molecule has 10 heteroatoms. The number of carbonyl (C=O) groups excluding carboxylic acids is 2. The molecular formula is C25H25N3O6S. The third kappa shape index (κ3) is 4.57. The lowest BCUT2D eigenvalue weighted by Gasteiger charge is -2.23. The van der Waals surface area contributed by atoms with Crippen molar-refractivity contribution in [2.45, 2.75) is 26.8 Å². The highest BCUT2D eigenvalue weighted by Crippen LogP contribution is 2.44. The molecule has 35 heavy (non-hydrogen) atoms. The Hall–Kier alpha value is -3.92. The van der Waals surface area contributed by atoms with Crippen LogP contribution in [0, 0.1) is 6.92 Å². The van der Waals surface area contributed by atoms with Gasteiger partial charge in [0.25, 0.3) is 5.78 Å². The zero-order valence-corrected chi connectivity index (χ0v) is 20.6. The predicted octanol–water partition coefficient (Wildman–Crippen LogP) is 4.28. The van der Waals surface area contributed by atoms with Crippen molar-refractivity contribution in [2.75, 3.05) is 25.2 Å². The number of anilines is 1. The van der Waals surface area contributed by atoms with E-state index in [1.165, 1.54) is 23.3 Å². The minimum Gasteiger partial charge on any atom is -0.507 e. The maximum absolute atomic E-state index is 13.3. The number of carbonyl (C=O) groups is 2. The Bertz CT molecular complexity index is 1280. The van der Waals surface area contributed by atoms with Gasteiger partial charge in [-0.15, -0.1) is 10.2 Å². The summed E-state index contributed by atoms with van der Waals surface area (Å²) >= 11 is 1.18. The van der Waals surface area contributed by atoms with Gasteiger partial charge in [0.2, 0.25) is 5.13 Å². The molecule has 1 atom stereocenters. The van der Waals surface area contributed by atoms with E-state index in [0.717, 1.165) is 0 Å². The average molecular weight is 496 g/mol. The minimum atomic E-state index is -0.945. The predicted molar refractivity (Wildman–Crippen MR) is 131 cm³/mol. The molecule has 3 aromatic rings. The van der Waals surface area contributed by atoms with Crippen LogP contribution in [0.4, 0.5) is 5.13 Å². The van der Waals surface area contributed by atoms with Crippen LogP contribution >= 0.6 is 11.3 Å². The Morgan fingerprint density at radius 1 is 1.03 bits per heavy atom. The molecule has 4 rings (SSSR count). The van der Waals surface area contributed by atoms with Crippen LogP contribution in [0.3, 0.4) is 0 Å². The van der Waals surface area contributed by atoms with Crippen LogP contribution in [0.2, 0.25) is 0 Å². The van der Waals surface area contributed by atoms with Crippen LogP contribution in [-0.4, -0.2) is 47.3 Å².